The van der Waals surface area contributed by atoms with Crippen LogP contribution >= 0.6 is 23.1 Å². The first-order chi connectivity index (χ1) is 11.5. The summed E-state index contributed by atoms with van der Waals surface area (Å²) in [5.41, 5.74) is 0.822. The van der Waals surface area contributed by atoms with Crippen LogP contribution in [0.3, 0.4) is 0 Å². The van der Waals surface area contributed by atoms with Gasteiger partial charge in [0, 0.05) is 16.2 Å². The molecular formula is C18H20N2O2S2. The number of carbonyl (C=O) groups is 2. The number of hydrogen-bond donors (Lipinski definition) is 2. The molecule has 126 valence electrons. The minimum atomic E-state index is -0.393. The van der Waals surface area contributed by atoms with Crippen molar-refractivity contribution in [3.8, 4) is 0 Å². The minimum Gasteiger partial charge on any atom is -0.348 e. The lowest BCUT2D eigenvalue weighted by molar-refractivity contribution is -0.124. The van der Waals surface area contributed by atoms with Crippen LogP contribution in [0.15, 0.2) is 46.7 Å². The summed E-state index contributed by atoms with van der Waals surface area (Å²) in [6.07, 6.45) is 0.180. The van der Waals surface area contributed by atoms with Gasteiger partial charge in [0.05, 0.1) is 17.0 Å². The van der Waals surface area contributed by atoms with E-state index in [4.69, 9.17) is 0 Å². The molecule has 0 saturated heterocycles. The maximum atomic E-state index is 12.5. The highest BCUT2D eigenvalue weighted by molar-refractivity contribution is 8.01. The van der Waals surface area contributed by atoms with Crippen LogP contribution in [0.4, 0.5) is 5.69 Å². The van der Waals surface area contributed by atoms with Gasteiger partial charge >= 0.3 is 0 Å². The minimum absolute atomic E-state index is 0.0126. The monoisotopic (exact) mass is 360 g/mol. The molecule has 6 heteroatoms. The van der Waals surface area contributed by atoms with Gasteiger partial charge in [-0.1, -0.05) is 32.0 Å². The molecule has 0 spiro atoms. The predicted octanol–water partition coefficient (Wildman–Crippen LogP) is 4.06. The van der Waals surface area contributed by atoms with Gasteiger partial charge in [-0.25, -0.2) is 0 Å². The summed E-state index contributed by atoms with van der Waals surface area (Å²) in [5.74, 6) is 0.0985. The normalized spacial score (nSPS) is 18.0. The van der Waals surface area contributed by atoms with Crippen molar-refractivity contribution in [2.45, 2.75) is 36.5 Å². The molecule has 0 bridgehead atoms. The van der Waals surface area contributed by atoms with E-state index in [0.717, 1.165) is 15.5 Å². The molecule has 0 saturated carbocycles. The number of benzene rings is 1. The third-order valence-electron chi connectivity index (χ3n) is 3.91. The third-order valence-corrected chi connectivity index (χ3v) is 6.14. The van der Waals surface area contributed by atoms with E-state index in [-0.39, 0.29) is 24.3 Å². The van der Waals surface area contributed by atoms with E-state index in [1.54, 1.807) is 11.3 Å². The zero-order valence-corrected chi connectivity index (χ0v) is 15.2. The summed E-state index contributed by atoms with van der Waals surface area (Å²) in [4.78, 5) is 26.9. The van der Waals surface area contributed by atoms with E-state index < -0.39 is 5.25 Å². The highest BCUT2D eigenvalue weighted by Gasteiger charge is 2.30. The van der Waals surface area contributed by atoms with Crippen LogP contribution in [0.2, 0.25) is 0 Å². The number of nitrogens with one attached hydrogen (secondary N) is 2. The van der Waals surface area contributed by atoms with Gasteiger partial charge in [-0.3, -0.25) is 9.59 Å². The van der Waals surface area contributed by atoms with Crippen LogP contribution in [0.5, 0.6) is 0 Å². The van der Waals surface area contributed by atoms with Crippen LogP contribution in [0, 0.1) is 5.92 Å². The van der Waals surface area contributed by atoms with Crippen LogP contribution < -0.4 is 10.6 Å². The van der Waals surface area contributed by atoms with Crippen LogP contribution in [-0.4, -0.2) is 17.1 Å². The average molecular weight is 361 g/mol. The Bertz CT molecular complexity index is 728. The summed E-state index contributed by atoms with van der Waals surface area (Å²) in [6, 6.07) is 11.7. The lowest BCUT2D eigenvalue weighted by atomic mass is 10.0. The molecule has 0 aliphatic carbocycles. The molecule has 24 heavy (non-hydrogen) atoms. The molecule has 3 rings (SSSR count). The lowest BCUT2D eigenvalue weighted by Gasteiger charge is -2.25. The zero-order chi connectivity index (χ0) is 17.1. The Labute approximate surface area is 150 Å². The largest absolute Gasteiger partial charge is 0.348 e. The third kappa shape index (κ3) is 3.82. The fourth-order valence-corrected chi connectivity index (χ4v) is 4.72. The van der Waals surface area contributed by atoms with E-state index in [1.807, 2.05) is 41.8 Å². The Balaban J connectivity index is 1.65. The van der Waals surface area contributed by atoms with Crippen molar-refractivity contribution in [1.82, 2.24) is 5.32 Å². The number of amides is 2. The van der Waals surface area contributed by atoms with Gasteiger partial charge in [-0.15, -0.1) is 23.1 Å². The SMILES string of the molecule is CC(C)[C@@H](NC(=O)C[C@H]1Sc2ccccc2NC1=O)c1cccs1. The van der Waals surface area contributed by atoms with E-state index in [1.165, 1.54) is 11.8 Å². The average Bonchev–Trinajstić information content (AvgIpc) is 3.07. The molecule has 4 nitrogen and oxygen atoms in total. The van der Waals surface area contributed by atoms with Crippen molar-refractivity contribution in [2.75, 3.05) is 5.32 Å². The number of carbonyl (C=O) groups excluding carboxylic acids is 2. The fraction of sp³-hybridized carbons (Fsp3) is 0.333. The Morgan fingerprint density at radius 3 is 2.75 bits per heavy atom. The highest BCUT2D eigenvalue weighted by atomic mass is 32.2. The van der Waals surface area contributed by atoms with Crippen LogP contribution in [0.25, 0.3) is 0 Å². The molecular weight excluding hydrogens is 340 g/mol. The van der Waals surface area contributed by atoms with Crippen molar-refractivity contribution >= 4 is 40.6 Å². The van der Waals surface area contributed by atoms with E-state index in [9.17, 15) is 9.59 Å². The summed E-state index contributed by atoms with van der Waals surface area (Å²) < 4.78 is 0. The second-order valence-electron chi connectivity index (χ2n) is 6.10. The molecule has 1 aliphatic rings. The van der Waals surface area contributed by atoms with Crippen LogP contribution in [0.1, 0.15) is 31.2 Å². The molecule has 2 heterocycles. The first-order valence-corrected chi connectivity index (χ1v) is 9.70. The number of rotatable bonds is 5. The maximum absolute atomic E-state index is 12.5. The standard InChI is InChI=1S/C18H20N2O2S2/c1-11(2)17(14-8-5-9-23-14)20-16(21)10-15-18(22)19-12-6-3-4-7-13(12)24-15/h3-9,11,15,17H,10H2,1-2H3,(H,19,22)(H,20,21)/t15-,17-/m1/s1. The Hall–Kier alpha value is -1.79. The number of anilines is 1. The molecule has 0 radical (unpaired) electrons. The van der Waals surface area contributed by atoms with Gasteiger partial charge in [0.15, 0.2) is 0 Å². The topological polar surface area (TPSA) is 58.2 Å². The van der Waals surface area contributed by atoms with Crippen molar-refractivity contribution in [1.29, 1.82) is 0 Å². The van der Waals surface area contributed by atoms with Gasteiger partial charge in [-0.05, 0) is 29.5 Å². The summed E-state index contributed by atoms with van der Waals surface area (Å²) >= 11 is 3.10. The Kier molecular flexibility index (Phi) is 5.26. The maximum Gasteiger partial charge on any atom is 0.238 e. The smallest absolute Gasteiger partial charge is 0.238 e. The van der Waals surface area contributed by atoms with E-state index >= 15 is 0 Å². The first kappa shape index (κ1) is 17.0. The van der Waals surface area contributed by atoms with Gasteiger partial charge in [0.1, 0.15) is 0 Å². The van der Waals surface area contributed by atoms with Crippen molar-refractivity contribution in [2.24, 2.45) is 5.92 Å². The second kappa shape index (κ2) is 7.40. The van der Waals surface area contributed by atoms with Gasteiger partial charge in [0.25, 0.3) is 0 Å². The van der Waals surface area contributed by atoms with Crippen molar-refractivity contribution in [3.63, 3.8) is 0 Å². The highest BCUT2D eigenvalue weighted by Crippen LogP contribution is 2.36. The molecule has 2 atom stereocenters. The van der Waals surface area contributed by atoms with Gasteiger partial charge in [-0.2, -0.15) is 0 Å². The van der Waals surface area contributed by atoms with E-state index in [2.05, 4.69) is 24.5 Å². The first-order valence-electron chi connectivity index (χ1n) is 7.94. The zero-order valence-electron chi connectivity index (χ0n) is 13.6. The summed E-state index contributed by atoms with van der Waals surface area (Å²) in [6.45, 7) is 4.17. The Morgan fingerprint density at radius 2 is 2.04 bits per heavy atom. The molecule has 1 aliphatic heterocycles. The number of fused-ring (bicyclic) bond motifs is 1. The lowest BCUT2D eigenvalue weighted by Crippen LogP contribution is -2.37. The molecule has 2 N–H and O–H groups in total. The van der Waals surface area contributed by atoms with Gasteiger partial charge in [0.2, 0.25) is 11.8 Å². The number of thiophene rings is 1. The molecule has 0 fully saturated rings. The molecule has 2 aromatic rings. The molecule has 0 unspecified atom stereocenters. The molecule has 2 amide bonds. The van der Waals surface area contributed by atoms with E-state index in [0.29, 0.717) is 5.92 Å². The van der Waals surface area contributed by atoms with Crippen molar-refractivity contribution < 1.29 is 9.59 Å². The summed E-state index contributed by atoms with van der Waals surface area (Å²) in [7, 11) is 0. The number of hydrogen-bond acceptors (Lipinski definition) is 4. The predicted molar refractivity (Wildman–Crippen MR) is 99.4 cm³/mol. The second-order valence-corrected chi connectivity index (χ2v) is 8.32. The van der Waals surface area contributed by atoms with Crippen LogP contribution in [-0.2, 0) is 9.59 Å². The number of thioether (sulfide) groups is 1. The summed E-state index contributed by atoms with van der Waals surface area (Å²) in [5, 5.41) is 7.59. The number of para-hydroxylation sites is 1. The van der Waals surface area contributed by atoms with Crippen molar-refractivity contribution in [3.05, 3.63) is 46.7 Å². The fourth-order valence-electron chi connectivity index (χ4n) is 2.66. The Morgan fingerprint density at radius 1 is 1.25 bits per heavy atom. The molecule has 1 aromatic carbocycles. The van der Waals surface area contributed by atoms with Gasteiger partial charge < -0.3 is 10.6 Å². The quantitative estimate of drug-likeness (QED) is 0.845. The molecule has 1 aromatic heterocycles.